The van der Waals surface area contributed by atoms with E-state index < -0.39 is 13.0 Å². The molecule has 90 valence electrons. The third-order valence-corrected chi connectivity index (χ3v) is 2.32. The molecule has 0 aliphatic carbocycles. The Hall–Kier alpha value is -1.75. The van der Waals surface area contributed by atoms with Crippen LogP contribution >= 0.6 is 0 Å². The zero-order valence-corrected chi connectivity index (χ0v) is 8.66. The maximum absolute atomic E-state index is 12.2. The van der Waals surface area contributed by atoms with Gasteiger partial charge in [-0.1, -0.05) is 24.3 Å². The van der Waals surface area contributed by atoms with E-state index in [1.165, 1.54) is 12.1 Å². The van der Waals surface area contributed by atoms with E-state index in [-0.39, 0.29) is 11.3 Å². The summed E-state index contributed by atoms with van der Waals surface area (Å²) < 4.78 is 40.3. The van der Waals surface area contributed by atoms with Gasteiger partial charge in [0.15, 0.2) is 0 Å². The van der Waals surface area contributed by atoms with Crippen molar-refractivity contribution in [2.24, 2.45) is 0 Å². The van der Waals surface area contributed by atoms with E-state index in [4.69, 9.17) is 5.11 Å². The van der Waals surface area contributed by atoms with Crippen molar-refractivity contribution in [3.8, 4) is 5.75 Å². The molecule has 2 aromatic rings. The number of fused-ring (bicyclic) bond motifs is 1. The van der Waals surface area contributed by atoms with E-state index in [0.717, 1.165) is 5.39 Å². The van der Waals surface area contributed by atoms with Crippen LogP contribution in [0.2, 0.25) is 0 Å². The standard InChI is InChI=1S/C12H9F3O2/c13-12(14,15)17-11-6-9-4-2-1-3-8(9)5-10(11)7-16/h1-6,16H,7H2. The molecule has 0 atom stereocenters. The maximum atomic E-state index is 12.2. The van der Waals surface area contributed by atoms with E-state index in [2.05, 4.69) is 4.74 Å². The van der Waals surface area contributed by atoms with Gasteiger partial charge >= 0.3 is 6.36 Å². The average Bonchev–Trinajstić information content (AvgIpc) is 2.26. The van der Waals surface area contributed by atoms with Gasteiger partial charge in [-0.15, -0.1) is 13.2 Å². The lowest BCUT2D eigenvalue weighted by Gasteiger charge is -2.13. The molecule has 0 aliphatic heterocycles. The van der Waals surface area contributed by atoms with E-state index in [1.54, 1.807) is 24.3 Å². The molecule has 0 radical (unpaired) electrons. The molecule has 0 unspecified atom stereocenters. The Morgan fingerprint density at radius 1 is 1.06 bits per heavy atom. The van der Waals surface area contributed by atoms with Crippen LogP contribution in [0.3, 0.4) is 0 Å². The summed E-state index contributed by atoms with van der Waals surface area (Å²) in [4.78, 5) is 0. The Labute approximate surface area is 95.2 Å². The van der Waals surface area contributed by atoms with Crippen molar-refractivity contribution in [1.29, 1.82) is 0 Å². The van der Waals surface area contributed by atoms with Crippen molar-refractivity contribution >= 4 is 10.8 Å². The summed E-state index contributed by atoms with van der Waals surface area (Å²) >= 11 is 0. The van der Waals surface area contributed by atoms with Crippen molar-refractivity contribution in [2.75, 3.05) is 0 Å². The molecule has 5 heteroatoms. The summed E-state index contributed by atoms with van der Waals surface area (Å²) in [7, 11) is 0. The van der Waals surface area contributed by atoms with Crippen molar-refractivity contribution in [3.63, 3.8) is 0 Å². The van der Waals surface area contributed by atoms with Gasteiger partial charge in [-0.3, -0.25) is 0 Å². The Kier molecular flexibility index (Phi) is 2.93. The molecule has 2 nitrogen and oxygen atoms in total. The Morgan fingerprint density at radius 3 is 2.18 bits per heavy atom. The lowest BCUT2D eigenvalue weighted by atomic mass is 10.1. The number of alkyl halides is 3. The number of aliphatic hydroxyl groups excluding tert-OH is 1. The van der Waals surface area contributed by atoms with Crippen LogP contribution in [-0.4, -0.2) is 11.5 Å². The second-order valence-corrected chi connectivity index (χ2v) is 3.51. The molecule has 0 saturated heterocycles. The van der Waals surface area contributed by atoms with Gasteiger partial charge < -0.3 is 9.84 Å². The van der Waals surface area contributed by atoms with Crippen LogP contribution in [0.4, 0.5) is 13.2 Å². The van der Waals surface area contributed by atoms with Crippen molar-refractivity contribution < 1.29 is 23.0 Å². The second kappa shape index (κ2) is 4.25. The molecule has 0 saturated carbocycles. The normalized spacial score (nSPS) is 11.8. The summed E-state index contributed by atoms with van der Waals surface area (Å²) in [6.45, 7) is -0.504. The molecule has 0 amide bonds. The Bertz CT molecular complexity index is 535. The second-order valence-electron chi connectivity index (χ2n) is 3.51. The minimum Gasteiger partial charge on any atom is -0.405 e. The minimum absolute atomic E-state index is 0.112. The maximum Gasteiger partial charge on any atom is 0.573 e. The topological polar surface area (TPSA) is 29.5 Å². The number of aliphatic hydroxyl groups is 1. The van der Waals surface area contributed by atoms with Gasteiger partial charge in [-0.2, -0.15) is 0 Å². The molecule has 2 rings (SSSR count). The highest BCUT2D eigenvalue weighted by Gasteiger charge is 2.32. The minimum atomic E-state index is -4.76. The number of ether oxygens (including phenoxy) is 1. The molecule has 0 aliphatic rings. The molecule has 17 heavy (non-hydrogen) atoms. The smallest absolute Gasteiger partial charge is 0.405 e. The molecule has 0 bridgehead atoms. The Balaban J connectivity index is 2.53. The molecule has 0 spiro atoms. The fourth-order valence-corrected chi connectivity index (χ4v) is 1.61. The lowest BCUT2D eigenvalue weighted by molar-refractivity contribution is -0.275. The largest absolute Gasteiger partial charge is 0.573 e. The van der Waals surface area contributed by atoms with Crippen LogP contribution in [0.1, 0.15) is 5.56 Å². The highest BCUT2D eigenvalue weighted by Crippen LogP contribution is 2.30. The van der Waals surface area contributed by atoms with Crippen LogP contribution in [0.15, 0.2) is 36.4 Å². The summed E-state index contributed by atoms with van der Waals surface area (Å²) in [5, 5.41) is 10.4. The van der Waals surface area contributed by atoms with Crippen LogP contribution in [-0.2, 0) is 6.61 Å². The molecule has 1 N–H and O–H groups in total. The third kappa shape index (κ3) is 2.68. The average molecular weight is 242 g/mol. The van der Waals surface area contributed by atoms with Crippen molar-refractivity contribution in [3.05, 3.63) is 42.0 Å². The van der Waals surface area contributed by atoms with Gasteiger partial charge in [0.25, 0.3) is 0 Å². The predicted molar refractivity (Wildman–Crippen MR) is 56.6 cm³/mol. The monoisotopic (exact) mass is 242 g/mol. The fraction of sp³-hybridized carbons (Fsp3) is 0.167. The third-order valence-electron chi connectivity index (χ3n) is 2.32. The summed E-state index contributed by atoms with van der Waals surface area (Å²) in [6.07, 6.45) is -4.76. The summed E-state index contributed by atoms with van der Waals surface area (Å²) in [5.41, 5.74) is 0.112. The molecule has 2 aromatic carbocycles. The molecule has 0 fully saturated rings. The van der Waals surface area contributed by atoms with E-state index in [1.807, 2.05) is 0 Å². The van der Waals surface area contributed by atoms with Crippen molar-refractivity contribution in [1.82, 2.24) is 0 Å². The first-order valence-corrected chi connectivity index (χ1v) is 4.88. The van der Waals surface area contributed by atoms with Gasteiger partial charge in [-0.25, -0.2) is 0 Å². The Morgan fingerprint density at radius 2 is 1.65 bits per heavy atom. The zero-order valence-electron chi connectivity index (χ0n) is 8.66. The van der Waals surface area contributed by atoms with E-state index >= 15 is 0 Å². The first kappa shape index (κ1) is 11.7. The van der Waals surface area contributed by atoms with E-state index in [0.29, 0.717) is 5.39 Å². The van der Waals surface area contributed by atoms with Crippen LogP contribution in [0.25, 0.3) is 10.8 Å². The number of halogens is 3. The molecular weight excluding hydrogens is 233 g/mol. The van der Waals surface area contributed by atoms with Gasteiger partial charge in [0, 0.05) is 5.56 Å². The van der Waals surface area contributed by atoms with Crippen LogP contribution < -0.4 is 4.74 Å². The molecule has 0 aromatic heterocycles. The molecule has 0 heterocycles. The lowest BCUT2D eigenvalue weighted by Crippen LogP contribution is -2.18. The van der Waals surface area contributed by atoms with E-state index in [9.17, 15) is 13.2 Å². The number of hydrogen-bond donors (Lipinski definition) is 1. The predicted octanol–water partition coefficient (Wildman–Crippen LogP) is 3.23. The first-order chi connectivity index (χ1) is 7.99. The number of benzene rings is 2. The SMILES string of the molecule is OCc1cc2ccccc2cc1OC(F)(F)F. The fourth-order valence-electron chi connectivity index (χ4n) is 1.61. The summed E-state index contributed by atoms with van der Waals surface area (Å²) in [5.74, 6) is -0.362. The summed E-state index contributed by atoms with van der Waals surface area (Å²) in [6, 6.07) is 9.68. The highest BCUT2D eigenvalue weighted by atomic mass is 19.4. The van der Waals surface area contributed by atoms with Gasteiger partial charge in [-0.05, 0) is 22.9 Å². The first-order valence-electron chi connectivity index (χ1n) is 4.88. The number of hydrogen-bond acceptors (Lipinski definition) is 2. The molecular formula is C12H9F3O2. The number of rotatable bonds is 2. The quantitative estimate of drug-likeness (QED) is 0.876. The highest BCUT2D eigenvalue weighted by molar-refractivity contribution is 5.84. The van der Waals surface area contributed by atoms with Crippen molar-refractivity contribution in [2.45, 2.75) is 13.0 Å². The zero-order chi connectivity index (χ0) is 12.5. The van der Waals surface area contributed by atoms with Crippen LogP contribution in [0.5, 0.6) is 5.75 Å². The van der Waals surface area contributed by atoms with Gasteiger partial charge in [0.2, 0.25) is 0 Å². The van der Waals surface area contributed by atoms with Gasteiger partial charge in [0.05, 0.1) is 6.61 Å². The van der Waals surface area contributed by atoms with Gasteiger partial charge in [0.1, 0.15) is 5.75 Å². The van der Waals surface area contributed by atoms with Crippen LogP contribution in [0, 0.1) is 0 Å².